The second-order valence-corrected chi connectivity index (χ2v) is 4.19. The first-order chi connectivity index (χ1) is 9.95. The molecule has 2 aromatic rings. The number of nitrogens with one attached hydrogen (secondary N) is 1. The zero-order valence-corrected chi connectivity index (χ0v) is 10.6. The van der Waals surface area contributed by atoms with Gasteiger partial charge in [-0.05, 0) is 30.3 Å². The minimum Gasteiger partial charge on any atom is -0.481 e. The highest BCUT2D eigenvalue weighted by Crippen LogP contribution is 2.12. The van der Waals surface area contributed by atoms with Crippen molar-refractivity contribution in [2.45, 2.75) is 6.42 Å². The first kappa shape index (κ1) is 14.6. The SMILES string of the molecule is O=C(O)Cc1ccc(NC(=O)c2ccc(F)c(F)c2)cn1. The summed E-state index contributed by atoms with van der Waals surface area (Å²) in [6.45, 7) is 0. The summed E-state index contributed by atoms with van der Waals surface area (Å²) in [7, 11) is 0. The maximum Gasteiger partial charge on any atom is 0.309 e. The Bertz CT molecular complexity index is 687. The molecule has 0 saturated heterocycles. The smallest absolute Gasteiger partial charge is 0.309 e. The van der Waals surface area contributed by atoms with Crippen molar-refractivity contribution in [3.05, 3.63) is 59.4 Å². The van der Waals surface area contributed by atoms with Crippen molar-refractivity contribution in [2.75, 3.05) is 5.32 Å². The average molecular weight is 292 g/mol. The number of hydrogen-bond acceptors (Lipinski definition) is 3. The Morgan fingerprint density at radius 2 is 1.90 bits per heavy atom. The van der Waals surface area contributed by atoms with Crippen LogP contribution in [0.15, 0.2) is 36.5 Å². The Morgan fingerprint density at radius 1 is 1.14 bits per heavy atom. The second-order valence-electron chi connectivity index (χ2n) is 4.19. The third kappa shape index (κ3) is 3.82. The van der Waals surface area contributed by atoms with E-state index in [4.69, 9.17) is 5.11 Å². The fraction of sp³-hybridized carbons (Fsp3) is 0.0714. The summed E-state index contributed by atoms with van der Waals surface area (Å²) in [5.74, 6) is -3.79. The van der Waals surface area contributed by atoms with Crippen LogP contribution in [0.3, 0.4) is 0 Å². The Labute approximate surface area is 118 Å². The molecule has 1 aromatic heterocycles. The van der Waals surface area contributed by atoms with Crippen molar-refractivity contribution in [1.82, 2.24) is 4.98 Å². The molecule has 1 amide bonds. The Kier molecular flexibility index (Phi) is 4.22. The van der Waals surface area contributed by atoms with Gasteiger partial charge in [-0.2, -0.15) is 0 Å². The zero-order valence-electron chi connectivity index (χ0n) is 10.6. The predicted molar refractivity (Wildman–Crippen MR) is 69.9 cm³/mol. The van der Waals surface area contributed by atoms with Gasteiger partial charge in [-0.15, -0.1) is 0 Å². The summed E-state index contributed by atoms with van der Waals surface area (Å²) in [5.41, 5.74) is 0.621. The number of aromatic nitrogens is 1. The number of anilines is 1. The molecule has 21 heavy (non-hydrogen) atoms. The molecule has 1 heterocycles. The van der Waals surface area contributed by atoms with E-state index in [2.05, 4.69) is 10.3 Å². The van der Waals surface area contributed by atoms with Crippen molar-refractivity contribution < 1.29 is 23.5 Å². The third-order valence-corrected chi connectivity index (χ3v) is 2.60. The van der Waals surface area contributed by atoms with Crippen LogP contribution in [0.4, 0.5) is 14.5 Å². The molecule has 0 fully saturated rings. The van der Waals surface area contributed by atoms with E-state index in [9.17, 15) is 18.4 Å². The lowest BCUT2D eigenvalue weighted by Crippen LogP contribution is -2.13. The van der Waals surface area contributed by atoms with E-state index >= 15 is 0 Å². The molecule has 5 nitrogen and oxygen atoms in total. The van der Waals surface area contributed by atoms with Crippen LogP contribution >= 0.6 is 0 Å². The highest BCUT2D eigenvalue weighted by atomic mass is 19.2. The van der Waals surface area contributed by atoms with Gasteiger partial charge in [0.1, 0.15) is 0 Å². The number of carboxylic acid groups (broad SMARTS) is 1. The van der Waals surface area contributed by atoms with E-state index in [-0.39, 0.29) is 12.0 Å². The van der Waals surface area contributed by atoms with Gasteiger partial charge in [0.2, 0.25) is 0 Å². The zero-order chi connectivity index (χ0) is 15.4. The molecule has 0 atom stereocenters. The lowest BCUT2D eigenvalue weighted by atomic mass is 10.2. The topological polar surface area (TPSA) is 79.3 Å². The lowest BCUT2D eigenvalue weighted by Gasteiger charge is -2.06. The number of amides is 1. The average Bonchev–Trinajstić information content (AvgIpc) is 2.43. The van der Waals surface area contributed by atoms with Crippen LogP contribution in [-0.4, -0.2) is 22.0 Å². The van der Waals surface area contributed by atoms with Gasteiger partial charge in [0.15, 0.2) is 11.6 Å². The molecule has 7 heteroatoms. The summed E-state index contributed by atoms with van der Waals surface area (Å²) in [4.78, 5) is 26.2. The van der Waals surface area contributed by atoms with Crippen molar-refractivity contribution >= 4 is 17.6 Å². The van der Waals surface area contributed by atoms with Gasteiger partial charge < -0.3 is 10.4 Å². The van der Waals surface area contributed by atoms with Gasteiger partial charge in [-0.1, -0.05) is 0 Å². The largest absolute Gasteiger partial charge is 0.481 e. The van der Waals surface area contributed by atoms with E-state index in [1.54, 1.807) is 0 Å². The minimum absolute atomic E-state index is 0.0384. The van der Waals surface area contributed by atoms with Crippen LogP contribution in [0.1, 0.15) is 16.1 Å². The molecule has 0 spiro atoms. The van der Waals surface area contributed by atoms with Crippen LogP contribution in [0, 0.1) is 11.6 Å². The fourth-order valence-electron chi connectivity index (χ4n) is 1.60. The Morgan fingerprint density at radius 3 is 2.48 bits per heavy atom. The van der Waals surface area contributed by atoms with Crippen LogP contribution in [0.5, 0.6) is 0 Å². The van der Waals surface area contributed by atoms with Gasteiger partial charge in [-0.3, -0.25) is 14.6 Å². The molecule has 0 aliphatic rings. The summed E-state index contributed by atoms with van der Waals surface area (Å²) in [6.07, 6.45) is 1.06. The summed E-state index contributed by atoms with van der Waals surface area (Å²) in [6, 6.07) is 5.73. The van der Waals surface area contributed by atoms with Crippen molar-refractivity contribution in [1.29, 1.82) is 0 Å². The van der Waals surface area contributed by atoms with Crippen LogP contribution in [-0.2, 0) is 11.2 Å². The number of nitrogens with zero attached hydrogens (tertiary/aromatic N) is 1. The molecule has 108 valence electrons. The molecule has 2 N–H and O–H groups in total. The normalized spacial score (nSPS) is 10.2. The van der Waals surface area contributed by atoms with Crippen molar-refractivity contribution in [2.24, 2.45) is 0 Å². The monoisotopic (exact) mass is 292 g/mol. The molecule has 0 aliphatic carbocycles. The molecule has 0 aliphatic heterocycles. The summed E-state index contributed by atoms with van der Waals surface area (Å²) < 4.78 is 25.8. The van der Waals surface area contributed by atoms with Gasteiger partial charge >= 0.3 is 5.97 Å². The van der Waals surface area contributed by atoms with Crippen LogP contribution in [0.25, 0.3) is 0 Å². The van der Waals surface area contributed by atoms with E-state index in [0.717, 1.165) is 18.2 Å². The highest BCUT2D eigenvalue weighted by Gasteiger charge is 2.10. The molecule has 2 rings (SSSR count). The van der Waals surface area contributed by atoms with Gasteiger partial charge in [0.25, 0.3) is 5.91 Å². The molecule has 1 aromatic carbocycles. The molecule has 0 saturated carbocycles. The van der Waals surface area contributed by atoms with Gasteiger partial charge in [0, 0.05) is 5.56 Å². The van der Waals surface area contributed by atoms with Crippen LogP contribution < -0.4 is 5.32 Å². The number of carbonyl (C=O) groups excluding carboxylic acids is 1. The summed E-state index contributed by atoms with van der Waals surface area (Å²) in [5, 5.41) is 11.1. The standard InChI is InChI=1S/C14H10F2N2O3/c15-11-4-1-8(5-12(11)16)14(21)18-10-3-2-9(17-7-10)6-13(19)20/h1-5,7H,6H2,(H,18,21)(H,19,20). The maximum absolute atomic E-state index is 13.0. The number of aliphatic carboxylic acids is 1. The lowest BCUT2D eigenvalue weighted by molar-refractivity contribution is -0.136. The fourth-order valence-corrected chi connectivity index (χ4v) is 1.60. The molecule has 0 radical (unpaired) electrons. The first-order valence-electron chi connectivity index (χ1n) is 5.89. The molecule has 0 bridgehead atoms. The van der Waals surface area contributed by atoms with E-state index in [1.165, 1.54) is 18.3 Å². The number of benzene rings is 1. The van der Waals surface area contributed by atoms with E-state index in [0.29, 0.717) is 11.4 Å². The van der Waals surface area contributed by atoms with Crippen molar-refractivity contribution in [3.8, 4) is 0 Å². The molecule has 0 unspecified atom stereocenters. The van der Waals surface area contributed by atoms with Gasteiger partial charge in [-0.25, -0.2) is 8.78 Å². The maximum atomic E-state index is 13.0. The number of pyridine rings is 1. The Balaban J connectivity index is 2.08. The van der Waals surface area contributed by atoms with Gasteiger partial charge in [0.05, 0.1) is 24.0 Å². The predicted octanol–water partition coefficient (Wildman–Crippen LogP) is 2.24. The van der Waals surface area contributed by atoms with Crippen molar-refractivity contribution in [3.63, 3.8) is 0 Å². The first-order valence-corrected chi connectivity index (χ1v) is 5.89. The Hall–Kier alpha value is -2.83. The third-order valence-electron chi connectivity index (χ3n) is 2.60. The minimum atomic E-state index is -1.11. The number of rotatable bonds is 4. The number of halogens is 2. The van der Waals surface area contributed by atoms with E-state index in [1.807, 2.05) is 0 Å². The second kappa shape index (κ2) is 6.08. The van der Waals surface area contributed by atoms with E-state index < -0.39 is 23.5 Å². The van der Waals surface area contributed by atoms with Crippen LogP contribution in [0.2, 0.25) is 0 Å². The quantitative estimate of drug-likeness (QED) is 0.905. The number of carboxylic acids is 1. The highest BCUT2D eigenvalue weighted by molar-refractivity contribution is 6.04. The molecular weight excluding hydrogens is 282 g/mol. The number of hydrogen-bond donors (Lipinski definition) is 2. The number of carbonyl (C=O) groups is 2. The summed E-state index contributed by atoms with van der Waals surface area (Å²) >= 11 is 0. The molecular formula is C14H10F2N2O3.